The Balaban J connectivity index is 4.60. The first-order valence-electron chi connectivity index (χ1n) is 6.05. The summed E-state index contributed by atoms with van der Waals surface area (Å²) in [7, 11) is 0. The normalized spacial score (nSPS) is 15.1. The van der Waals surface area contributed by atoms with Crippen LogP contribution in [0.1, 0.15) is 61.3 Å². The largest absolute Gasteiger partial charge is 0.306 e. The second-order valence-electron chi connectivity index (χ2n) is 6.51. The molecule has 0 amide bonds. The van der Waals surface area contributed by atoms with Crippen LogP contribution in [0.4, 0.5) is 0 Å². The van der Waals surface area contributed by atoms with Crippen molar-refractivity contribution in [2.75, 3.05) is 0 Å². The maximum Gasteiger partial charge on any atom is 0.0286 e. The summed E-state index contributed by atoms with van der Waals surface area (Å²) in [6.07, 6.45) is 2.37. The Morgan fingerprint density at radius 1 is 1.13 bits per heavy atom. The molecule has 0 fully saturated rings. The second-order valence-corrected chi connectivity index (χ2v) is 6.51. The van der Waals surface area contributed by atoms with E-state index in [9.17, 15) is 0 Å². The summed E-state index contributed by atoms with van der Waals surface area (Å²) in [4.78, 5) is 0. The Bertz CT molecular complexity index is 202. The fourth-order valence-electron chi connectivity index (χ4n) is 1.67. The fourth-order valence-corrected chi connectivity index (χ4v) is 1.67. The van der Waals surface area contributed by atoms with Gasteiger partial charge in [-0.25, -0.2) is 0 Å². The van der Waals surface area contributed by atoms with Gasteiger partial charge >= 0.3 is 0 Å². The van der Waals surface area contributed by atoms with Crippen LogP contribution in [-0.2, 0) is 0 Å². The minimum absolute atomic E-state index is 0.161. The molecular formula is C14H29N. The first-order chi connectivity index (χ1) is 6.58. The van der Waals surface area contributed by atoms with Crippen LogP contribution in [0.5, 0.6) is 0 Å². The summed E-state index contributed by atoms with van der Waals surface area (Å²) in [6, 6.07) is 0.440. The molecule has 0 saturated carbocycles. The fraction of sp³-hybridized carbons (Fsp3) is 0.857. The molecule has 0 aliphatic rings. The lowest BCUT2D eigenvalue weighted by Gasteiger charge is -2.35. The number of nitrogens with one attached hydrogen (secondary N) is 1. The maximum atomic E-state index is 4.27. The topological polar surface area (TPSA) is 12.0 Å². The van der Waals surface area contributed by atoms with E-state index in [2.05, 4.69) is 60.4 Å². The Kier molecular flexibility index (Phi) is 5.05. The van der Waals surface area contributed by atoms with E-state index in [4.69, 9.17) is 0 Å². The Hall–Kier alpha value is -0.300. The van der Waals surface area contributed by atoms with E-state index >= 15 is 0 Å². The smallest absolute Gasteiger partial charge is 0.0286 e. The SMILES string of the molecule is C=C(C(CCC)NC(C)(C)C)C(C)(C)C. The van der Waals surface area contributed by atoms with Gasteiger partial charge in [-0.3, -0.25) is 0 Å². The van der Waals surface area contributed by atoms with Gasteiger partial charge < -0.3 is 5.32 Å². The zero-order chi connectivity index (χ0) is 12.3. The van der Waals surface area contributed by atoms with Gasteiger partial charge in [-0.2, -0.15) is 0 Å². The minimum Gasteiger partial charge on any atom is -0.306 e. The third-order valence-corrected chi connectivity index (χ3v) is 2.57. The van der Waals surface area contributed by atoms with Crippen molar-refractivity contribution >= 4 is 0 Å². The van der Waals surface area contributed by atoms with Crippen molar-refractivity contribution in [3.63, 3.8) is 0 Å². The van der Waals surface area contributed by atoms with Crippen molar-refractivity contribution in [3.05, 3.63) is 12.2 Å². The molecule has 90 valence electrons. The summed E-state index contributed by atoms with van der Waals surface area (Å²) >= 11 is 0. The van der Waals surface area contributed by atoms with Crippen LogP contribution in [0.2, 0.25) is 0 Å². The van der Waals surface area contributed by atoms with Crippen molar-refractivity contribution in [1.82, 2.24) is 5.32 Å². The highest BCUT2D eigenvalue weighted by Gasteiger charge is 2.25. The Morgan fingerprint density at radius 2 is 1.60 bits per heavy atom. The standard InChI is InChI=1S/C14H29N/c1-9-10-12(15-14(6,7)8)11(2)13(3,4)5/h12,15H,2,9-10H2,1,3-8H3. The monoisotopic (exact) mass is 211 g/mol. The molecule has 0 rings (SSSR count). The third-order valence-electron chi connectivity index (χ3n) is 2.57. The highest BCUT2D eigenvalue weighted by molar-refractivity contribution is 5.14. The van der Waals surface area contributed by atoms with Gasteiger partial charge in [-0.15, -0.1) is 0 Å². The molecule has 1 nitrogen and oxygen atoms in total. The average molecular weight is 211 g/mol. The van der Waals surface area contributed by atoms with E-state index in [0.29, 0.717) is 6.04 Å². The number of hydrogen-bond acceptors (Lipinski definition) is 1. The van der Waals surface area contributed by atoms with Gasteiger partial charge in [-0.1, -0.05) is 46.3 Å². The molecule has 0 saturated heterocycles. The summed E-state index contributed by atoms with van der Waals surface area (Å²) < 4.78 is 0. The summed E-state index contributed by atoms with van der Waals surface area (Å²) in [5, 5.41) is 3.66. The first-order valence-corrected chi connectivity index (χ1v) is 6.05. The molecule has 0 aliphatic heterocycles. The van der Waals surface area contributed by atoms with E-state index in [1.54, 1.807) is 0 Å². The molecule has 1 atom stereocenters. The first kappa shape index (κ1) is 14.7. The van der Waals surface area contributed by atoms with Crippen LogP contribution >= 0.6 is 0 Å². The molecule has 1 heteroatoms. The van der Waals surface area contributed by atoms with Crippen LogP contribution in [-0.4, -0.2) is 11.6 Å². The molecule has 0 bridgehead atoms. The quantitative estimate of drug-likeness (QED) is 0.689. The van der Waals surface area contributed by atoms with E-state index in [-0.39, 0.29) is 11.0 Å². The summed E-state index contributed by atoms with van der Waals surface area (Å²) in [5.41, 5.74) is 1.67. The molecule has 1 unspecified atom stereocenters. The lowest BCUT2D eigenvalue weighted by atomic mass is 9.81. The predicted octanol–water partition coefficient (Wildman–Crippen LogP) is 4.15. The second kappa shape index (κ2) is 5.16. The molecule has 0 aromatic carbocycles. The molecule has 0 heterocycles. The molecule has 0 radical (unpaired) electrons. The molecule has 0 aromatic heterocycles. The van der Waals surface area contributed by atoms with Gasteiger partial charge in [0.1, 0.15) is 0 Å². The van der Waals surface area contributed by atoms with Gasteiger partial charge in [0.25, 0.3) is 0 Å². The van der Waals surface area contributed by atoms with Gasteiger partial charge in [0.15, 0.2) is 0 Å². The van der Waals surface area contributed by atoms with Crippen molar-refractivity contribution < 1.29 is 0 Å². The number of hydrogen-bond donors (Lipinski definition) is 1. The van der Waals surface area contributed by atoms with E-state index in [0.717, 1.165) is 0 Å². The average Bonchev–Trinajstić information content (AvgIpc) is 1.98. The lowest BCUT2D eigenvalue weighted by molar-refractivity contribution is 0.332. The highest BCUT2D eigenvalue weighted by atomic mass is 15.0. The zero-order valence-corrected chi connectivity index (χ0v) is 11.7. The molecule has 1 N–H and O–H groups in total. The molecular weight excluding hydrogens is 182 g/mol. The third kappa shape index (κ3) is 5.99. The Labute approximate surface area is 96.3 Å². The molecule has 15 heavy (non-hydrogen) atoms. The van der Waals surface area contributed by atoms with E-state index in [1.807, 2.05) is 0 Å². The van der Waals surface area contributed by atoms with E-state index < -0.39 is 0 Å². The van der Waals surface area contributed by atoms with Crippen LogP contribution in [0.25, 0.3) is 0 Å². The van der Waals surface area contributed by atoms with Crippen molar-refractivity contribution in [2.45, 2.75) is 72.9 Å². The van der Waals surface area contributed by atoms with Crippen LogP contribution in [0, 0.1) is 5.41 Å². The summed E-state index contributed by atoms with van der Waals surface area (Å²) in [5.74, 6) is 0. The zero-order valence-electron chi connectivity index (χ0n) is 11.7. The molecule has 0 aliphatic carbocycles. The molecule has 0 aromatic rings. The van der Waals surface area contributed by atoms with Crippen molar-refractivity contribution in [1.29, 1.82) is 0 Å². The predicted molar refractivity (Wildman–Crippen MR) is 70.2 cm³/mol. The van der Waals surface area contributed by atoms with E-state index in [1.165, 1.54) is 18.4 Å². The molecule has 0 spiro atoms. The van der Waals surface area contributed by atoms with Gasteiger partial charge in [0.2, 0.25) is 0 Å². The van der Waals surface area contributed by atoms with Crippen LogP contribution in [0.3, 0.4) is 0 Å². The maximum absolute atomic E-state index is 4.27. The summed E-state index contributed by atoms with van der Waals surface area (Å²) in [6.45, 7) is 19.9. The lowest BCUT2D eigenvalue weighted by Crippen LogP contribution is -2.46. The van der Waals surface area contributed by atoms with Gasteiger partial charge in [-0.05, 0) is 32.6 Å². The van der Waals surface area contributed by atoms with Crippen LogP contribution < -0.4 is 5.32 Å². The number of rotatable bonds is 4. The van der Waals surface area contributed by atoms with Gasteiger partial charge in [0.05, 0.1) is 0 Å². The van der Waals surface area contributed by atoms with Crippen molar-refractivity contribution in [2.24, 2.45) is 5.41 Å². The van der Waals surface area contributed by atoms with Crippen LogP contribution in [0.15, 0.2) is 12.2 Å². The highest BCUT2D eigenvalue weighted by Crippen LogP contribution is 2.29. The minimum atomic E-state index is 0.161. The van der Waals surface area contributed by atoms with Gasteiger partial charge in [0, 0.05) is 11.6 Å². The van der Waals surface area contributed by atoms with Crippen molar-refractivity contribution in [3.8, 4) is 0 Å². The Morgan fingerprint density at radius 3 is 1.87 bits per heavy atom.